The molecular weight excluding hydrogens is 250 g/mol. The van der Waals surface area contributed by atoms with Crippen molar-refractivity contribution in [3.63, 3.8) is 0 Å². The highest BCUT2D eigenvalue weighted by Gasteiger charge is 2.33. The fraction of sp³-hybridized carbons (Fsp3) is 0.588. The van der Waals surface area contributed by atoms with Crippen molar-refractivity contribution in [1.29, 1.82) is 0 Å². The minimum Gasteiger partial charge on any atom is -0.444 e. The van der Waals surface area contributed by atoms with E-state index < -0.39 is 5.60 Å². The van der Waals surface area contributed by atoms with E-state index in [4.69, 9.17) is 4.74 Å². The van der Waals surface area contributed by atoms with Crippen LogP contribution in [0.2, 0.25) is 0 Å². The minimum atomic E-state index is -0.438. The fourth-order valence-corrected chi connectivity index (χ4v) is 2.85. The molecule has 0 spiro atoms. The van der Waals surface area contributed by atoms with Crippen LogP contribution >= 0.6 is 0 Å². The van der Waals surface area contributed by atoms with Gasteiger partial charge in [0, 0.05) is 6.54 Å². The van der Waals surface area contributed by atoms with Crippen LogP contribution in [-0.2, 0) is 4.74 Å². The summed E-state index contributed by atoms with van der Waals surface area (Å²) in [6, 6.07) is 6.68. The predicted octanol–water partition coefficient (Wildman–Crippen LogP) is 4.38. The number of nitrogens with zero attached hydrogens (tertiary/aromatic N) is 1. The molecule has 3 nitrogen and oxygen atoms in total. The summed E-state index contributed by atoms with van der Waals surface area (Å²) in [5, 5.41) is 0. The van der Waals surface area contributed by atoms with E-state index in [-0.39, 0.29) is 12.1 Å². The summed E-state index contributed by atoms with van der Waals surface area (Å²) in [4.78, 5) is 14.2. The second-order valence-corrected chi connectivity index (χ2v) is 6.75. The lowest BCUT2D eigenvalue weighted by Gasteiger charge is -2.29. The van der Waals surface area contributed by atoms with Crippen LogP contribution in [0.4, 0.5) is 4.79 Å². The smallest absolute Gasteiger partial charge is 0.410 e. The first kappa shape index (κ1) is 14.9. The molecule has 0 aliphatic carbocycles. The Hall–Kier alpha value is -1.51. The lowest BCUT2D eigenvalue weighted by Crippen LogP contribution is -2.36. The first-order valence-corrected chi connectivity index (χ1v) is 7.34. The Kier molecular flexibility index (Phi) is 4.07. The average molecular weight is 275 g/mol. The van der Waals surface area contributed by atoms with E-state index in [9.17, 15) is 4.79 Å². The van der Waals surface area contributed by atoms with Crippen LogP contribution in [0.1, 0.15) is 56.3 Å². The van der Waals surface area contributed by atoms with Gasteiger partial charge in [-0.15, -0.1) is 0 Å². The number of hydrogen-bond acceptors (Lipinski definition) is 2. The number of amides is 1. The lowest BCUT2D eigenvalue weighted by molar-refractivity contribution is 0.0224. The van der Waals surface area contributed by atoms with Crippen molar-refractivity contribution in [1.82, 2.24) is 4.90 Å². The molecular formula is C17H25NO2. The Bertz CT molecular complexity index is 482. The van der Waals surface area contributed by atoms with Crippen molar-refractivity contribution in [3.8, 4) is 0 Å². The highest BCUT2D eigenvalue weighted by molar-refractivity contribution is 5.69. The molecule has 110 valence electrons. The zero-order chi connectivity index (χ0) is 14.9. The fourth-order valence-electron chi connectivity index (χ4n) is 2.85. The van der Waals surface area contributed by atoms with Crippen molar-refractivity contribution in [2.45, 2.75) is 59.1 Å². The van der Waals surface area contributed by atoms with Gasteiger partial charge in [0.25, 0.3) is 0 Å². The van der Waals surface area contributed by atoms with Crippen LogP contribution in [0.3, 0.4) is 0 Å². The zero-order valence-electron chi connectivity index (χ0n) is 13.2. The van der Waals surface area contributed by atoms with Gasteiger partial charge in [0.15, 0.2) is 0 Å². The third-order valence-corrected chi connectivity index (χ3v) is 3.51. The van der Waals surface area contributed by atoms with Gasteiger partial charge in [-0.05, 0) is 53.0 Å². The number of hydrogen-bond donors (Lipinski definition) is 0. The molecule has 0 saturated carbocycles. The van der Waals surface area contributed by atoms with Crippen LogP contribution in [-0.4, -0.2) is 23.1 Å². The van der Waals surface area contributed by atoms with Gasteiger partial charge < -0.3 is 9.64 Å². The molecule has 20 heavy (non-hydrogen) atoms. The van der Waals surface area contributed by atoms with Crippen LogP contribution in [0.15, 0.2) is 18.2 Å². The minimum absolute atomic E-state index is 0.156. The molecule has 1 aromatic carbocycles. The van der Waals surface area contributed by atoms with Gasteiger partial charge >= 0.3 is 6.09 Å². The number of rotatable bonds is 1. The summed E-state index contributed by atoms with van der Waals surface area (Å²) >= 11 is 0. The lowest BCUT2D eigenvalue weighted by atomic mass is 10.00. The summed E-state index contributed by atoms with van der Waals surface area (Å²) < 4.78 is 5.52. The highest BCUT2D eigenvalue weighted by Crippen LogP contribution is 2.34. The van der Waals surface area contributed by atoms with Gasteiger partial charge in [-0.3, -0.25) is 0 Å². The molecule has 1 aromatic rings. The molecule has 0 bridgehead atoms. The number of likely N-dealkylation sites (tertiary alicyclic amines) is 1. The quantitative estimate of drug-likeness (QED) is 0.761. The monoisotopic (exact) mass is 275 g/mol. The standard InChI is InChI=1S/C17H25NO2/c1-12-9-13(2)11-14(10-12)15-7-6-8-18(15)16(19)20-17(3,4)5/h9-11,15H,6-8H2,1-5H3. The molecule has 0 aromatic heterocycles. The van der Waals surface area contributed by atoms with Gasteiger partial charge in [-0.25, -0.2) is 4.79 Å². The zero-order valence-corrected chi connectivity index (χ0v) is 13.2. The van der Waals surface area contributed by atoms with E-state index >= 15 is 0 Å². The Morgan fingerprint density at radius 3 is 2.35 bits per heavy atom. The van der Waals surface area contributed by atoms with Crippen molar-refractivity contribution in [2.75, 3.05) is 6.54 Å². The van der Waals surface area contributed by atoms with Crippen molar-refractivity contribution >= 4 is 6.09 Å². The first-order chi connectivity index (χ1) is 9.26. The number of benzene rings is 1. The van der Waals surface area contributed by atoms with Gasteiger partial charge in [-0.2, -0.15) is 0 Å². The number of ether oxygens (including phenoxy) is 1. The van der Waals surface area contributed by atoms with Crippen molar-refractivity contribution in [3.05, 3.63) is 34.9 Å². The van der Waals surface area contributed by atoms with E-state index in [1.54, 1.807) is 0 Å². The topological polar surface area (TPSA) is 29.5 Å². The predicted molar refractivity (Wildman–Crippen MR) is 80.8 cm³/mol. The molecule has 1 fully saturated rings. The SMILES string of the molecule is Cc1cc(C)cc(C2CCCN2C(=O)OC(C)(C)C)c1. The number of carbonyl (C=O) groups is 1. The normalized spacial score (nSPS) is 19.2. The summed E-state index contributed by atoms with van der Waals surface area (Å²) in [6.07, 6.45) is 1.86. The Morgan fingerprint density at radius 2 is 1.80 bits per heavy atom. The third kappa shape index (κ3) is 3.53. The molecule has 1 unspecified atom stereocenters. The van der Waals surface area contributed by atoms with E-state index in [1.165, 1.54) is 16.7 Å². The molecule has 2 rings (SSSR count). The molecule has 1 saturated heterocycles. The largest absolute Gasteiger partial charge is 0.444 e. The molecule has 1 aliphatic heterocycles. The molecule has 0 radical (unpaired) electrons. The summed E-state index contributed by atoms with van der Waals surface area (Å²) in [7, 11) is 0. The summed E-state index contributed by atoms with van der Waals surface area (Å²) in [5.74, 6) is 0. The molecule has 1 heterocycles. The van der Waals surface area contributed by atoms with Crippen LogP contribution in [0, 0.1) is 13.8 Å². The van der Waals surface area contributed by atoms with Gasteiger partial charge in [0.05, 0.1) is 6.04 Å². The van der Waals surface area contributed by atoms with Crippen LogP contribution < -0.4 is 0 Å². The Balaban J connectivity index is 2.20. The number of carbonyl (C=O) groups excluding carboxylic acids is 1. The van der Waals surface area contributed by atoms with Crippen LogP contribution in [0.25, 0.3) is 0 Å². The Labute approximate surface area is 121 Å². The van der Waals surface area contributed by atoms with Crippen LogP contribution in [0.5, 0.6) is 0 Å². The maximum atomic E-state index is 12.3. The van der Waals surface area contributed by atoms with E-state index in [0.717, 1.165) is 19.4 Å². The Morgan fingerprint density at radius 1 is 1.20 bits per heavy atom. The van der Waals surface area contributed by atoms with E-state index in [0.29, 0.717) is 0 Å². The first-order valence-electron chi connectivity index (χ1n) is 7.34. The average Bonchev–Trinajstić information content (AvgIpc) is 2.73. The molecule has 3 heteroatoms. The van der Waals surface area contributed by atoms with Gasteiger partial charge in [-0.1, -0.05) is 29.3 Å². The van der Waals surface area contributed by atoms with E-state index in [2.05, 4.69) is 32.0 Å². The van der Waals surface area contributed by atoms with E-state index in [1.807, 2.05) is 25.7 Å². The highest BCUT2D eigenvalue weighted by atomic mass is 16.6. The number of aryl methyl sites for hydroxylation is 2. The molecule has 0 N–H and O–H groups in total. The maximum absolute atomic E-state index is 12.3. The second kappa shape index (κ2) is 5.47. The molecule has 1 atom stereocenters. The van der Waals surface area contributed by atoms with Crippen molar-refractivity contribution < 1.29 is 9.53 Å². The second-order valence-electron chi connectivity index (χ2n) is 6.75. The van der Waals surface area contributed by atoms with Gasteiger partial charge in [0.2, 0.25) is 0 Å². The summed E-state index contributed by atoms with van der Waals surface area (Å²) in [5.41, 5.74) is 3.28. The molecule has 1 amide bonds. The molecule has 1 aliphatic rings. The van der Waals surface area contributed by atoms with Crippen molar-refractivity contribution in [2.24, 2.45) is 0 Å². The maximum Gasteiger partial charge on any atom is 0.410 e. The van der Waals surface area contributed by atoms with Gasteiger partial charge in [0.1, 0.15) is 5.60 Å². The summed E-state index contributed by atoms with van der Waals surface area (Å²) in [6.45, 7) is 10.7. The third-order valence-electron chi connectivity index (χ3n) is 3.51.